The van der Waals surface area contributed by atoms with E-state index in [0.29, 0.717) is 4.47 Å². The van der Waals surface area contributed by atoms with Crippen LogP contribution in [-0.2, 0) is 0 Å². The number of rotatable bonds is 1. The summed E-state index contributed by atoms with van der Waals surface area (Å²) in [6.07, 6.45) is 0. The second-order valence-corrected chi connectivity index (χ2v) is 3.35. The summed E-state index contributed by atoms with van der Waals surface area (Å²) in [6.45, 7) is 1.75. The van der Waals surface area contributed by atoms with Gasteiger partial charge in [-0.25, -0.2) is 4.39 Å². The van der Waals surface area contributed by atoms with Gasteiger partial charge in [0.05, 0.1) is 0 Å². The van der Waals surface area contributed by atoms with Crippen molar-refractivity contribution in [2.24, 2.45) is 0 Å². The van der Waals surface area contributed by atoms with Crippen LogP contribution in [0, 0.1) is 12.7 Å². The fraction of sp³-hybridized carbons (Fsp3) is 0.143. The van der Waals surface area contributed by atoms with E-state index in [4.69, 9.17) is 10.0 Å². The molecule has 0 saturated heterocycles. The van der Waals surface area contributed by atoms with Crippen molar-refractivity contribution in [2.45, 2.75) is 6.92 Å². The number of halogens is 2. The van der Waals surface area contributed by atoms with Gasteiger partial charge in [-0.3, -0.25) is 0 Å². The van der Waals surface area contributed by atoms with Crippen molar-refractivity contribution in [1.82, 2.24) is 0 Å². The van der Waals surface area contributed by atoms with Gasteiger partial charge in [0, 0.05) is 9.94 Å². The molecule has 0 atom stereocenters. The highest BCUT2D eigenvalue weighted by Crippen LogP contribution is 2.15. The molecule has 2 nitrogen and oxygen atoms in total. The molecule has 0 aliphatic heterocycles. The topological polar surface area (TPSA) is 40.5 Å². The standard InChI is InChI=1S/C7H7BBrFO2/c1-4-2-5(8(11)12)7(10)3-6(4)9/h2-3,11-12H,1H3. The van der Waals surface area contributed by atoms with E-state index < -0.39 is 12.9 Å². The molecule has 0 bridgehead atoms. The smallest absolute Gasteiger partial charge is 0.423 e. The van der Waals surface area contributed by atoms with Gasteiger partial charge in [-0.1, -0.05) is 22.0 Å². The second kappa shape index (κ2) is 3.55. The molecule has 0 spiro atoms. The summed E-state index contributed by atoms with van der Waals surface area (Å²) in [4.78, 5) is 0. The Kier molecular flexibility index (Phi) is 2.87. The lowest BCUT2D eigenvalue weighted by atomic mass is 9.79. The van der Waals surface area contributed by atoms with Crippen LogP contribution in [0.3, 0.4) is 0 Å². The molecule has 0 amide bonds. The average molecular weight is 233 g/mol. The molecule has 1 aromatic rings. The molecule has 0 aliphatic rings. The fourth-order valence-corrected chi connectivity index (χ4v) is 1.19. The molecule has 0 aliphatic carbocycles. The number of benzene rings is 1. The molecule has 0 aromatic heterocycles. The molecule has 0 fully saturated rings. The highest BCUT2D eigenvalue weighted by atomic mass is 79.9. The molecule has 1 aromatic carbocycles. The van der Waals surface area contributed by atoms with Crippen molar-refractivity contribution in [2.75, 3.05) is 0 Å². The van der Waals surface area contributed by atoms with Crippen molar-refractivity contribution >= 4 is 28.5 Å². The molecule has 0 unspecified atom stereocenters. The molecule has 0 radical (unpaired) electrons. The first-order chi connectivity index (χ1) is 5.52. The molecular weight excluding hydrogens is 226 g/mol. The zero-order valence-electron chi connectivity index (χ0n) is 6.38. The van der Waals surface area contributed by atoms with E-state index in [1.165, 1.54) is 12.1 Å². The van der Waals surface area contributed by atoms with Gasteiger partial charge >= 0.3 is 7.12 Å². The van der Waals surface area contributed by atoms with Crippen LogP contribution in [0.5, 0.6) is 0 Å². The van der Waals surface area contributed by atoms with Crippen LogP contribution in [0.4, 0.5) is 4.39 Å². The number of hydrogen-bond acceptors (Lipinski definition) is 2. The zero-order valence-corrected chi connectivity index (χ0v) is 7.97. The highest BCUT2D eigenvalue weighted by Gasteiger charge is 2.17. The van der Waals surface area contributed by atoms with E-state index in [2.05, 4.69) is 15.9 Å². The Labute approximate surface area is 78.3 Å². The SMILES string of the molecule is Cc1cc(B(O)O)c(F)cc1Br. The van der Waals surface area contributed by atoms with Crippen LogP contribution in [0.25, 0.3) is 0 Å². The predicted octanol–water partition coefficient (Wildman–Crippen LogP) is 0.576. The van der Waals surface area contributed by atoms with E-state index in [9.17, 15) is 4.39 Å². The van der Waals surface area contributed by atoms with E-state index in [1.54, 1.807) is 6.92 Å². The maximum Gasteiger partial charge on any atom is 0.491 e. The Morgan fingerprint density at radius 2 is 2.00 bits per heavy atom. The summed E-state index contributed by atoms with van der Waals surface area (Å²) in [5.74, 6) is -0.623. The Morgan fingerprint density at radius 3 is 2.50 bits per heavy atom. The lowest BCUT2D eigenvalue weighted by Crippen LogP contribution is -2.33. The van der Waals surface area contributed by atoms with Gasteiger partial charge in [0.25, 0.3) is 0 Å². The Morgan fingerprint density at radius 1 is 1.42 bits per heavy atom. The molecule has 64 valence electrons. The number of aryl methyl sites for hydroxylation is 1. The third kappa shape index (κ3) is 1.85. The van der Waals surface area contributed by atoms with E-state index in [-0.39, 0.29) is 5.46 Å². The minimum Gasteiger partial charge on any atom is -0.423 e. The highest BCUT2D eigenvalue weighted by molar-refractivity contribution is 9.10. The van der Waals surface area contributed by atoms with Crippen LogP contribution in [0.2, 0.25) is 0 Å². The van der Waals surface area contributed by atoms with Crippen molar-refractivity contribution in [1.29, 1.82) is 0 Å². The van der Waals surface area contributed by atoms with Crippen molar-refractivity contribution in [3.8, 4) is 0 Å². The first-order valence-corrected chi connectivity index (χ1v) is 4.13. The molecule has 1 rings (SSSR count). The maximum absolute atomic E-state index is 12.9. The van der Waals surface area contributed by atoms with Crippen molar-refractivity contribution < 1.29 is 14.4 Å². The van der Waals surface area contributed by atoms with E-state index in [1.807, 2.05) is 0 Å². The van der Waals surface area contributed by atoms with E-state index >= 15 is 0 Å². The fourth-order valence-electron chi connectivity index (χ4n) is 0.877. The van der Waals surface area contributed by atoms with Crippen molar-refractivity contribution in [3.63, 3.8) is 0 Å². The Balaban J connectivity index is 3.23. The molecular formula is C7H7BBrFO2. The van der Waals surface area contributed by atoms with Gasteiger partial charge in [-0.2, -0.15) is 0 Å². The first kappa shape index (κ1) is 9.70. The predicted molar refractivity (Wildman–Crippen MR) is 48.7 cm³/mol. The van der Waals surface area contributed by atoms with Gasteiger partial charge in [0.2, 0.25) is 0 Å². The third-order valence-corrected chi connectivity index (χ3v) is 2.41. The van der Waals surface area contributed by atoms with Crippen LogP contribution >= 0.6 is 15.9 Å². The zero-order chi connectivity index (χ0) is 9.30. The molecule has 12 heavy (non-hydrogen) atoms. The minimum absolute atomic E-state index is 0.101. The third-order valence-electron chi connectivity index (χ3n) is 1.56. The van der Waals surface area contributed by atoms with Crippen LogP contribution in [-0.4, -0.2) is 17.2 Å². The van der Waals surface area contributed by atoms with Gasteiger partial charge in [0.1, 0.15) is 5.82 Å². The largest absolute Gasteiger partial charge is 0.491 e. The summed E-state index contributed by atoms with van der Waals surface area (Å²) in [7, 11) is -1.75. The molecule has 0 heterocycles. The summed E-state index contributed by atoms with van der Waals surface area (Å²) >= 11 is 3.13. The van der Waals surface area contributed by atoms with Crippen LogP contribution in [0.15, 0.2) is 16.6 Å². The van der Waals surface area contributed by atoms with Crippen LogP contribution in [0.1, 0.15) is 5.56 Å². The monoisotopic (exact) mass is 232 g/mol. The van der Waals surface area contributed by atoms with Gasteiger partial charge in [-0.05, 0) is 18.6 Å². The summed E-state index contributed by atoms with van der Waals surface area (Å²) in [5.41, 5.74) is 0.662. The van der Waals surface area contributed by atoms with Gasteiger partial charge in [-0.15, -0.1) is 0 Å². The summed E-state index contributed by atoms with van der Waals surface area (Å²) < 4.78 is 13.5. The maximum atomic E-state index is 12.9. The number of hydrogen-bond donors (Lipinski definition) is 2. The molecule has 0 saturated carbocycles. The van der Waals surface area contributed by atoms with Gasteiger partial charge in [0.15, 0.2) is 0 Å². The summed E-state index contributed by atoms with van der Waals surface area (Å²) in [5, 5.41) is 17.4. The lowest BCUT2D eigenvalue weighted by molar-refractivity contribution is 0.423. The minimum atomic E-state index is -1.75. The molecule has 2 N–H and O–H groups in total. The molecule has 5 heteroatoms. The Hall–Kier alpha value is -0.385. The van der Waals surface area contributed by atoms with E-state index in [0.717, 1.165) is 5.56 Å². The first-order valence-electron chi connectivity index (χ1n) is 3.34. The lowest BCUT2D eigenvalue weighted by Gasteiger charge is -2.04. The van der Waals surface area contributed by atoms with Crippen LogP contribution < -0.4 is 5.46 Å². The normalized spacial score (nSPS) is 10.1. The quantitative estimate of drug-likeness (QED) is 0.696. The second-order valence-electron chi connectivity index (χ2n) is 2.50. The average Bonchev–Trinajstić information content (AvgIpc) is 1.96. The summed E-state index contributed by atoms with van der Waals surface area (Å²) in [6, 6.07) is 2.61. The Bertz CT molecular complexity index is 304. The van der Waals surface area contributed by atoms with Crippen molar-refractivity contribution in [3.05, 3.63) is 28.0 Å². The van der Waals surface area contributed by atoms with Gasteiger partial charge < -0.3 is 10.0 Å².